The molecule has 0 radical (unpaired) electrons. The molecular formula is C16H20BrN5OS. The van der Waals surface area contributed by atoms with E-state index in [0.717, 1.165) is 27.1 Å². The third kappa shape index (κ3) is 4.33. The minimum absolute atomic E-state index is 0.0843. The smallest absolute Gasteiger partial charge is 0.240 e. The van der Waals surface area contributed by atoms with Crippen LogP contribution in [0.4, 0.5) is 5.69 Å². The van der Waals surface area contributed by atoms with E-state index in [1.54, 1.807) is 4.68 Å². The Balaban J connectivity index is 2.02. The number of anilines is 1. The third-order valence-corrected chi connectivity index (χ3v) is 4.92. The minimum Gasteiger partial charge on any atom is -0.374 e. The molecule has 0 saturated heterocycles. The third-order valence-electron chi connectivity index (χ3n) is 3.59. The van der Waals surface area contributed by atoms with Gasteiger partial charge in [0.25, 0.3) is 0 Å². The van der Waals surface area contributed by atoms with Crippen molar-refractivity contribution in [3.05, 3.63) is 45.7 Å². The van der Waals surface area contributed by atoms with Crippen LogP contribution in [0.25, 0.3) is 0 Å². The van der Waals surface area contributed by atoms with Crippen LogP contribution in [0.3, 0.4) is 0 Å². The van der Waals surface area contributed by atoms with Gasteiger partial charge in [0, 0.05) is 12.1 Å². The number of hydrogen-bond acceptors (Lipinski definition) is 3. The van der Waals surface area contributed by atoms with Gasteiger partial charge in [0.1, 0.15) is 0 Å². The fourth-order valence-corrected chi connectivity index (χ4v) is 2.66. The quantitative estimate of drug-likeness (QED) is 0.599. The van der Waals surface area contributed by atoms with E-state index < -0.39 is 0 Å². The molecule has 1 aromatic carbocycles. The Labute approximate surface area is 155 Å². The Morgan fingerprint density at radius 3 is 2.46 bits per heavy atom. The molecule has 128 valence electrons. The molecule has 1 amide bonds. The lowest BCUT2D eigenvalue weighted by Crippen LogP contribution is -2.49. The molecule has 0 unspecified atom stereocenters. The average Bonchev–Trinajstić information content (AvgIpc) is 2.78. The zero-order valence-electron chi connectivity index (χ0n) is 13.8. The van der Waals surface area contributed by atoms with Crippen molar-refractivity contribution < 1.29 is 4.79 Å². The summed E-state index contributed by atoms with van der Waals surface area (Å²) in [5.74, 6) is -0.188. The summed E-state index contributed by atoms with van der Waals surface area (Å²) in [6.45, 7) is 6.33. The van der Waals surface area contributed by atoms with Gasteiger partial charge in [-0.3, -0.25) is 14.9 Å². The molecule has 1 heterocycles. The number of rotatable bonds is 4. The Morgan fingerprint density at radius 2 is 1.96 bits per heavy atom. The maximum atomic E-state index is 12.3. The van der Waals surface area contributed by atoms with Crippen LogP contribution in [0.1, 0.15) is 23.4 Å². The molecule has 2 rings (SSSR count). The minimum atomic E-state index is -0.188. The van der Waals surface area contributed by atoms with Crippen molar-refractivity contribution in [1.29, 1.82) is 0 Å². The molecule has 24 heavy (non-hydrogen) atoms. The first-order valence-electron chi connectivity index (χ1n) is 7.45. The molecule has 0 aliphatic carbocycles. The van der Waals surface area contributed by atoms with Gasteiger partial charge >= 0.3 is 0 Å². The summed E-state index contributed by atoms with van der Waals surface area (Å²) in [5, 5.41) is 5.88. The lowest BCUT2D eigenvalue weighted by molar-refractivity contribution is -0.121. The molecule has 1 aromatic heterocycles. The molecule has 0 aliphatic rings. The summed E-state index contributed by atoms with van der Waals surface area (Å²) >= 11 is 8.51. The predicted octanol–water partition coefficient (Wildman–Crippen LogP) is 2.74. The number of nitrogens with two attached hydrogens (primary N) is 1. The first kappa shape index (κ1) is 18.4. The normalized spacial score (nSPS) is 10.5. The summed E-state index contributed by atoms with van der Waals surface area (Å²) in [6.07, 6.45) is 0.263. The second kappa shape index (κ2) is 7.76. The number of hydrazine groups is 1. The predicted molar refractivity (Wildman–Crippen MR) is 103 cm³/mol. The highest BCUT2D eigenvalue weighted by molar-refractivity contribution is 9.10. The Kier molecular flexibility index (Phi) is 5.95. The lowest BCUT2D eigenvalue weighted by Gasteiger charge is -2.23. The van der Waals surface area contributed by atoms with Crippen molar-refractivity contribution in [1.82, 2.24) is 15.2 Å². The van der Waals surface area contributed by atoms with Crippen LogP contribution in [0.15, 0.2) is 28.7 Å². The molecule has 2 aromatic rings. The maximum absolute atomic E-state index is 12.3. The second-order valence-corrected chi connectivity index (χ2v) is 6.71. The van der Waals surface area contributed by atoms with Crippen LogP contribution in [0.2, 0.25) is 0 Å². The molecule has 0 fully saturated rings. The molecule has 0 spiro atoms. The van der Waals surface area contributed by atoms with Gasteiger partial charge in [0.15, 0.2) is 5.11 Å². The fraction of sp³-hybridized carbons (Fsp3) is 0.312. The molecule has 0 saturated carbocycles. The second-order valence-electron chi connectivity index (χ2n) is 5.50. The van der Waals surface area contributed by atoms with Crippen LogP contribution in [0, 0.1) is 20.8 Å². The monoisotopic (exact) mass is 409 g/mol. The highest BCUT2D eigenvalue weighted by Gasteiger charge is 2.14. The number of aromatic nitrogens is 2. The highest BCUT2D eigenvalue weighted by Crippen LogP contribution is 2.20. The SMILES string of the molecule is Cc1ccc(N(NC(=O)CCn2nc(C)c(Br)c2C)C(N)=S)cc1. The number of nitrogens with one attached hydrogen (secondary N) is 1. The molecule has 8 heteroatoms. The van der Waals surface area contributed by atoms with Crippen LogP contribution in [-0.4, -0.2) is 20.8 Å². The molecule has 3 N–H and O–H groups in total. The van der Waals surface area contributed by atoms with Gasteiger partial charge in [0.05, 0.1) is 22.4 Å². The number of carbonyl (C=O) groups excluding carboxylic acids is 1. The van der Waals surface area contributed by atoms with E-state index in [1.165, 1.54) is 5.01 Å². The standard InChI is InChI=1S/C16H20BrN5OS/c1-10-4-6-13(7-5-10)22(16(18)24)20-14(23)8-9-21-12(3)15(17)11(2)19-21/h4-7H,8-9H2,1-3H3,(H2,18,24)(H,20,23). The summed E-state index contributed by atoms with van der Waals surface area (Å²) in [6, 6.07) is 7.57. The number of halogens is 1. The molecule has 0 aliphatic heterocycles. The molecule has 0 bridgehead atoms. The van der Waals surface area contributed by atoms with Gasteiger partial charge < -0.3 is 5.73 Å². The summed E-state index contributed by atoms with van der Waals surface area (Å²) in [4.78, 5) is 12.3. The van der Waals surface area contributed by atoms with Crippen LogP contribution in [0.5, 0.6) is 0 Å². The van der Waals surface area contributed by atoms with E-state index in [4.69, 9.17) is 18.0 Å². The van der Waals surface area contributed by atoms with E-state index in [0.29, 0.717) is 6.54 Å². The van der Waals surface area contributed by atoms with E-state index in [2.05, 4.69) is 26.5 Å². The number of nitrogens with zero attached hydrogens (tertiary/aromatic N) is 3. The number of thiocarbonyl (C=S) groups is 1. The van der Waals surface area contributed by atoms with Gasteiger partial charge in [-0.15, -0.1) is 0 Å². The van der Waals surface area contributed by atoms with Gasteiger partial charge in [-0.05, 0) is 61.1 Å². The van der Waals surface area contributed by atoms with Gasteiger partial charge in [-0.2, -0.15) is 5.10 Å². The van der Waals surface area contributed by atoms with Crippen molar-refractivity contribution in [3.63, 3.8) is 0 Å². The summed E-state index contributed by atoms with van der Waals surface area (Å²) in [5.41, 5.74) is 12.2. The van der Waals surface area contributed by atoms with Gasteiger partial charge in [0.2, 0.25) is 5.91 Å². The number of aryl methyl sites for hydroxylation is 3. The van der Waals surface area contributed by atoms with Crippen molar-refractivity contribution >= 4 is 44.9 Å². The van der Waals surface area contributed by atoms with Crippen molar-refractivity contribution in [3.8, 4) is 0 Å². The Hall–Kier alpha value is -1.93. The molecular weight excluding hydrogens is 390 g/mol. The number of benzene rings is 1. The number of carbonyl (C=O) groups is 1. The lowest BCUT2D eigenvalue weighted by atomic mass is 10.2. The van der Waals surface area contributed by atoms with E-state index in [1.807, 2.05) is 45.0 Å². The zero-order chi connectivity index (χ0) is 17.9. The number of amides is 1. The van der Waals surface area contributed by atoms with Crippen LogP contribution < -0.4 is 16.2 Å². The van der Waals surface area contributed by atoms with Crippen molar-refractivity contribution in [2.45, 2.75) is 33.7 Å². The average molecular weight is 410 g/mol. The topological polar surface area (TPSA) is 76.2 Å². The Bertz CT molecular complexity index is 757. The number of hydrogen-bond donors (Lipinski definition) is 2. The summed E-state index contributed by atoms with van der Waals surface area (Å²) < 4.78 is 2.77. The molecule has 6 nitrogen and oxygen atoms in total. The van der Waals surface area contributed by atoms with E-state index in [9.17, 15) is 4.79 Å². The van der Waals surface area contributed by atoms with Gasteiger partial charge in [-0.1, -0.05) is 17.7 Å². The Morgan fingerprint density at radius 1 is 1.33 bits per heavy atom. The zero-order valence-corrected chi connectivity index (χ0v) is 16.2. The summed E-state index contributed by atoms with van der Waals surface area (Å²) in [7, 11) is 0. The van der Waals surface area contributed by atoms with E-state index in [-0.39, 0.29) is 17.4 Å². The van der Waals surface area contributed by atoms with Crippen LogP contribution in [-0.2, 0) is 11.3 Å². The highest BCUT2D eigenvalue weighted by atomic mass is 79.9. The van der Waals surface area contributed by atoms with Gasteiger partial charge in [-0.25, -0.2) is 5.01 Å². The fourth-order valence-electron chi connectivity index (χ4n) is 2.22. The first-order chi connectivity index (χ1) is 11.3. The van der Waals surface area contributed by atoms with Crippen molar-refractivity contribution in [2.75, 3.05) is 5.01 Å². The maximum Gasteiger partial charge on any atom is 0.240 e. The first-order valence-corrected chi connectivity index (χ1v) is 8.65. The largest absolute Gasteiger partial charge is 0.374 e. The molecule has 0 atom stereocenters. The van der Waals surface area contributed by atoms with E-state index >= 15 is 0 Å². The van der Waals surface area contributed by atoms with Crippen LogP contribution >= 0.6 is 28.1 Å². The van der Waals surface area contributed by atoms with Crippen molar-refractivity contribution in [2.24, 2.45) is 5.73 Å².